The molecule has 6 nitrogen and oxygen atoms in total. The van der Waals surface area contributed by atoms with E-state index in [4.69, 9.17) is 26.8 Å². The molecule has 0 bridgehead atoms. The van der Waals surface area contributed by atoms with E-state index in [-0.39, 0.29) is 4.32 Å². The molecule has 1 heterocycles. The molecule has 1 amide bonds. The zero-order valence-electron chi connectivity index (χ0n) is 16.0. The molecule has 0 unspecified atom stereocenters. The Morgan fingerprint density at radius 2 is 2.00 bits per heavy atom. The van der Waals surface area contributed by atoms with Crippen LogP contribution in [0.25, 0.3) is 6.08 Å². The quantitative estimate of drug-likeness (QED) is 0.409. The molecule has 0 radical (unpaired) electrons. The highest BCUT2D eigenvalue weighted by Crippen LogP contribution is 2.39. The molecule has 1 aliphatic heterocycles. The number of amides is 1. The molecule has 1 saturated heterocycles. The molecule has 2 aromatic rings. The lowest BCUT2D eigenvalue weighted by Crippen LogP contribution is -2.33. The minimum absolute atomic E-state index is 0.223. The molecule has 1 fully saturated rings. The Labute approximate surface area is 192 Å². The van der Waals surface area contributed by atoms with E-state index in [2.05, 4.69) is 15.9 Å². The molecule has 0 saturated carbocycles. The van der Waals surface area contributed by atoms with Crippen LogP contribution in [0.1, 0.15) is 18.1 Å². The third-order valence-corrected chi connectivity index (χ3v) is 5.99. The molecule has 3 rings (SSSR count). The highest BCUT2D eigenvalue weighted by molar-refractivity contribution is 9.10. The van der Waals surface area contributed by atoms with Crippen LogP contribution in [0.5, 0.6) is 11.5 Å². The van der Waals surface area contributed by atoms with Crippen molar-refractivity contribution in [3.63, 3.8) is 0 Å². The average Bonchev–Trinajstić information content (AvgIpc) is 2.95. The van der Waals surface area contributed by atoms with Crippen LogP contribution in [0.4, 0.5) is 0 Å². The van der Waals surface area contributed by atoms with Gasteiger partial charge in [-0.3, -0.25) is 14.5 Å². The summed E-state index contributed by atoms with van der Waals surface area (Å²) in [7, 11) is 0. The standard InChI is InChI=1S/C21H18BrNO5S2/c1-2-27-16-9-14(10-17-20(26)23(11-18(24)25)21(29)30-17)8-15(22)19(16)28-12-13-6-4-3-5-7-13/h3-10H,2,11-12H2,1H3,(H,24,25)/b17-10-. The molecular weight excluding hydrogens is 490 g/mol. The largest absolute Gasteiger partial charge is 0.490 e. The average molecular weight is 508 g/mol. The number of carboxylic acid groups (broad SMARTS) is 1. The first-order valence-corrected chi connectivity index (χ1v) is 11.0. The Hall–Kier alpha value is -2.36. The number of nitrogens with zero attached hydrogens (tertiary/aromatic N) is 1. The number of carboxylic acids is 1. The van der Waals surface area contributed by atoms with Gasteiger partial charge in [0, 0.05) is 0 Å². The summed E-state index contributed by atoms with van der Waals surface area (Å²) in [6.45, 7) is 2.24. The van der Waals surface area contributed by atoms with E-state index in [0.717, 1.165) is 22.2 Å². The van der Waals surface area contributed by atoms with Gasteiger partial charge in [0.05, 0.1) is 16.0 Å². The fraction of sp³-hybridized carbons (Fsp3) is 0.190. The Morgan fingerprint density at radius 1 is 1.27 bits per heavy atom. The van der Waals surface area contributed by atoms with Crippen molar-refractivity contribution in [2.24, 2.45) is 0 Å². The van der Waals surface area contributed by atoms with Gasteiger partial charge in [-0.1, -0.05) is 54.3 Å². The third kappa shape index (κ3) is 5.41. The van der Waals surface area contributed by atoms with Crippen molar-refractivity contribution in [2.75, 3.05) is 13.2 Å². The SMILES string of the molecule is CCOc1cc(/C=C2\SC(=S)N(CC(=O)O)C2=O)cc(Br)c1OCc1ccccc1. The number of aliphatic carboxylic acids is 1. The Bertz CT molecular complexity index is 1010. The third-order valence-electron chi connectivity index (χ3n) is 4.02. The fourth-order valence-corrected chi connectivity index (χ4v) is 4.56. The molecule has 9 heteroatoms. The first kappa shape index (κ1) is 22.3. The monoisotopic (exact) mass is 507 g/mol. The highest BCUT2D eigenvalue weighted by Gasteiger charge is 2.33. The van der Waals surface area contributed by atoms with Crippen LogP contribution in [0.2, 0.25) is 0 Å². The topological polar surface area (TPSA) is 76.1 Å². The van der Waals surface area contributed by atoms with Crippen molar-refractivity contribution < 1.29 is 24.2 Å². The number of benzene rings is 2. The Balaban J connectivity index is 1.86. The van der Waals surface area contributed by atoms with Crippen molar-refractivity contribution in [1.29, 1.82) is 0 Å². The summed E-state index contributed by atoms with van der Waals surface area (Å²) in [4.78, 5) is 24.9. The first-order chi connectivity index (χ1) is 14.4. The van der Waals surface area contributed by atoms with Gasteiger partial charge in [0.2, 0.25) is 0 Å². The maximum absolute atomic E-state index is 12.5. The molecule has 30 heavy (non-hydrogen) atoms. The summed E-state index contributed by atoms with van der Waals surface area (Å²) >= 11 is 9.73. The lowest BCUT2D eigenvalue weighted by molar-refractivity contribution is -0.140. The van der Waals surface area contributed by atoms with Gasteiger partial charge in [-0.2, -0.15) is 0 Å². The molecular formula is C21H18BrNO5S2. The Kier molecular flexibility index (Phi) is 7.52. The number of ether oxygens (including phenoxy) is 2. The van der Waals surface area contributed by atoms with Gasteiger partial charge in [0.15, 0.2) is 11.5 Å². The predicted octanol–water partition coefficient (Wildman–Crippen LogP) is 4.71. The van der Waals surface area contributed by atoms with Crippen LogP contribution in [0, 0.1) is 0 Å². The van der Waals surface area contributed by atoms with Crippen LogP contribution >= 0.6 is 39.9 Å². The van der Waals surface area contributed by atoms with Crippen LogP contribution in [0.15, 0.2) is 51.8 Å². The van der Waals surface area contributed by atoms with Gasteiger partial charge in [-0.25, -0.2) is 0 Å². The van der Waals surface area contributed by atoms with Crippen molar-refractivity contribution in [2.45, 2.75) is 13.5 Å². The number of halogens is 1. The molecule has 2 aromatic carbocycles. The molecule has 156 valence electrons. The number of thiocarbonyl (C=S) groups is 1. The molecule has 0 aromatic heterocycles. The Morgan fingerprint density at radius 3 is 2.67 bits per heavy atom. The fourth-order valence-electron chi connectivity index (χ4n) is 2.73. The normalized spacial score (nSPS) is 15.0. The maximum Gasteiger partial charge on any atom is 0.323 e. The van der Waals surface area contributed by atoms with Gasteiger partial charge in [-0.05, 0) is 52.2 Å². The van der Waals surface area contributed by atoms with Crippen molar-refractivity contribution in [1.82, 2.24) is 4.90 Å². The van der Waals surface area contributed by atoms with E-state index in [0.29, 0.717) is 39.7 Å². The lowest BCUT2D eigenvalue weighted by Gasteiger charge is -2.15. The first-order valence-electron chi connectivity index (χ1n) is 8.99. The van der Waals surface area contributed by atoms with Gasteiger partial charge in [0.1, 0.15) is 17.5 Å². The van der Waals surface area contributed by atoms with Gasteiger partial charge in [0.25, 0.3) is 5.91 Å². The minimum Gasteiger partial charge on any atom is -0.490 e. The van der Waals surface area contributed by atoms with Gasteiger partial charge in [-0.15, -0.1) is 0 Å². The summed E-state index contributed by atoms with van der Waals surface area (Å²) in [5.41, 5.74) is 1.73. The van der Waals surface area contributed by atoms with E-state index in [9.17, 15) is 9.59 Å². The predicted molar refractivity (Wildman–Crippen MR) is 124 cm³/mol. The number of hydrogen-bond acceptors (Lipinski definition) is 6. The second-order valence-corrected chi connectivity index (χ2v) is 8.73. The van der Waals surface area contributed by atoms with Crippen LogP contribution in [0.3, 0.4) is 0 Å². The summed E-state index contributed by atoms with van der Waals surface area (Å²) in [5.74, 6) is -0.439. The van der Waals surface area contributed by atoms with Crippen molar-refractivity contribution >= 4 is 62.2 Å². The zero-order chi connectivity index (χ0) is 21.7. The summed E-state index contributed by atoms with van der Waals surface area (Å²) in [5, 5.41) is 8.96. The second-order valence-electron chi connectivity index (χ2n) is 6.20. The number of hydrogen-bond donors (Lipinski definition) is 1. The summed E-state index contributed by atoms with van der Waals surface area (Å²) < 4.78 is 12.6. The van der Waals surface area contributed by atoms with Crippen LogP contribution in [-0.2, 0) is 16.2 Å². The smallest absolute Gasteiger partial charge is 0.323 e. The van der Waals surface area contributed by atoms with E-state index >= 15 is 0 Å². The van der Waals surface area contributed by atoms with E-state index < -0.39 is 18.4 Å². The maximum atomic E-state index is 12.5. The minimum atomic E-state index is -1.12. The van der Waals surface area contributed by atoms with Gasteiger partial charge < -0.3 is 14.6 Å². The zero-order valence-corrected chi connectivity index (χ0v) is 19.2. The molecule has 0 aliphatic carbocycles. The number of carbonyl (C=O) groups is 2. The van der Waals surface area contributed by atoms with Crippen molar-refractivity contribution in [3.05, 3.63) is 63.0 Å². The summed E-state index contributed by atoms with van der Waals surface area (Å²) in [6.07, 6.45) is 1.66. The van der Waals surface area contributed by atoms with Crippen LogP contribution < -0.4 is 9.47 Å². The number of thioether (sulfide) groups is 1. The molecule has 1 aliphatic rings. The van der Waals surface area contributed by atoms with Crippen molar-refractivity contribution in [3.8, 4) is 11.5 Å². The van der Waals surface area contributed by atoms with E-state index in [1.54, 1.807) is 12.1 Å². The van der Waals surface area contributed by atoms with Crippen LogP contribution in [-0.4, -0.2) is 39.4 Å². The highest BCUT2D eigenvalue weighted by atomic mass is 79.9. The summed E-state index contributed by atoms with van der Waals surface area (Å²) in [6, 6.07) is 13.4. The van der Waals surface area contributed by atoms with E-state index in [1.165, 1.54) is 0 Å². The number of rotatable bonds is 8. The second kappa shape index (κ2) is 10.1. The van der Waals surface area contributed by atoms with Gasteiger partial charge >= 0.3 is 5.97 Å². The molecule has 1 N–H and O–H groups in total. The molecule has 0 spiro atoms. The van der Waals surface area contributed by atoms with E-state index in [1.807, 2.05) is 43.3 Å². The number of carbonyl (C=O) groups excluding carboxylic acids is 1. The lowest BCUT2D eigenvalue weighted by atomic mass is 10.1. The molecule has 0 atom stereocenters.